The van der Waals surface area contributed by atoms with Crippen molar-refractivity contribution >= 4 is 29.2 Å². The van der Waals surface area contributed by atoms with Crippen LogP contribution in [-0.2, 0) is 23.8 Å². The van der Waals surface area contributed by atoms with Crippen molar-refractivity contribution in [2.75, 3.05) is 21.3 Å². The van der Waals surface area contributed by atoms with E-state index in [1.165, 1.54) is 0 Å². The lowest BCUT2D eigenvalue weighted by Crippen LogP contribution is -2.57. The number of ether oxygens (including phenoxy) is 3. The van der Waals surface area contributed by atoms with Crippen LogP contribution in [0.25, 0.3) is 0 Å². The molecule has 9 unspecified atom stereocenters. The third-order valence-electron chi connectivity index (χ3n) is 8.68. The van der Waals surface area contributed by atoms with Crippen LogP contribution in [0.1, 0.15) is 64.2 Å². The molecule has 0 bridgehead atoms. The summed E-state index contributed by atoms with van der Waals surface area (Å²) in [6.07, 6.45) is 7.32. The summed E-state index contributed by atoms with van der Waals surface area (Å²) >= 11 is 6.92. The van der Waals surface area contributed by atoms with Crippen LogP contribution >= 0.6 is 11.6 Å². The van der Waals surface area contributed by atoms with E-state index in [1.54, 1.807) is 26.3 Å². The van der Waals surface area contributed by atoms with E-state index >= 15 is 0 Å². The molecule has 4 aliphatic rings. The molecule has 10 heteroatoms. The number of alkyl halides is 1. The van der Waals surface area contributed by atoms with Gasteiger partial charge in [0.05, 0.1) is 36.3 Å². The maximum Gasteiger partial charge on any atom is 0.303 e. The van der Waals surface area contributed by atoms with Gasteiger partial charge in [0.15, 0.2) is 0 Å². The molecule has 2 N–H and O–H groups in total. The summed E-state index contributed by atoms with van der Waals surface area (Å²) in [6.45, 7) is 0. The number of methoxy groups -OCH3 is 3. The SMILES string of the molecule is COC1CCC2CC(C3CC(C4CCC(OC)C(OC)C4)=NN3C(=O)CCC(=O)O)C(Cl)NC2C1. The Balaban J connectivity index is 1.50. The quantitative estimate of drug-likeness (QED) is 0.379. The molecule has 9 atom stereocenters. The number of nitrogens with zero attached hydrogens (tertiary/aromatic N) is 2. The summed E-state index contributed by atoms with van der Waals surface area (Å²) < 4.78 is 16.9. The number of carbonyl (C=O) groups excluding carboxylic acids is 1. The first kappa shape index (κ1) is 26.8. The van der Waals surface area contributed by atoms with Gasteiger partial charge in [0.2, 0.25) is 5.91 Å². The lowest BCUT2D eigenvalue weighted by molar-refractivity contribution is -0.142. The number of carbonyl (C=O) groups is 2. The zero-order chi connectivity index (χ0) is 25.1. The van der Waals surface area contributed by atoms with Crippen molar-refractivity contribution in [3.05, 3.63) is 0 Å². The average molecular weight is 514 g/mol. The third kappa shape index (κ3) is 6.01. The highest BCUT2D eigenvalue weighted by Gasteiger charge is 2.48. The smallest absolute Gasteiger partial charge is 0.303 e. The van der Waals surface area contributed by atoms with Gasteiger partial charge in [-0.1, -0.05) is 0 Å². The minimum atomic E-state index is -0.980. The summed E-state index contributed by atoms with van der Waals surface area (Å²) in [4.78, 5) is 24.3. The van der Waals surface area contributed by atoms with Gasteiger partial charge in [0.1, 0.15) is 0 Å². The second-order valence-corrected chi connectivity index (χ2v) is 11.0. The van der Waals surface area contributed by atoms with Gasteiger partial charge in [-0.3, -0.25) is 14.9 Å². The molecule has 2 heterocycles. The van der Waals surface area contributed by atoms with Gasteiger partial charge in [-0.15, -0.1) is 11.6 Å². The topological polar surface area (TPSA) is 110 Å². The Bertz CT molecular complexity index is 797. The fourth-order valence-electron chi connectivity index (χ4n) is 6.67. The lowest BCUT2D eigenvalue weighted by Gasteiger charge is -2.47. The number of hydrogen-bond donors (Lipinski definition) is 2. The van der Waals surface area contributed by atoms with E-state index in [9.17, 15) is 9.59 Å². The van der Waals surface area contributed by atoms with Crippen molar-refractivity contribution in [1.29, 1.82) is 0 Å². The van der Waals surface area contributed by atoms with Gasteiger partial charge in [0, 0.05) is 57.8 Å². The molecule has 2 saturated carbocycles. The fourth-order valence-corrected chi connectivity index (χ4v) is 7.10. The van der Waals surface area contributed by atoms with Crippen molar-refractivity contribution in [1.82, 2.24) is 10.3 Å². The van der Waals surface area contributed by atoms with Crippen LogP contribution in [0.5, 0.6) is 0 Å². The number of hydrazone groups is 1. The Morgan fingerprint density at radius 3 is 2.49 bits per heavy atom. The van der Waals surface area contributed by atoms with E-state index < -0.39 is 5.97 Å². The first-order chi connectivity index (χ1) is 16.8. The predicted molar refractivity (Wildman–Crippen MR) is 131 cm³/mol. The number of carboxylic acids is 1. The Morgan fingerprint density at radius 1 is 1.03 bits per heavy atom. The van der Waals surface area contributed by atoms with Crippen molar-refractivity contribution in [2.24, 2.45) is 22.9 Å². The largest absolute Gasteiger partial charge is 0.481 e. The van der Waals surface area contributed by atoms with Crippen molar-refractivity contribution in [3.63, 3.8) is 0 Å². The number of carboxylic acid groups (broad SMARTS) is 1. The summed E-state index contributed by atoms with van der Waals surface area (Å²) in [6, 6.07) is 0.153. The normalized spacial score (nSPS) is 39.7. The number of rotatable bonds is 8. The Labute approximate surface area is 212 Å². The first-order valence-corrected chi connectivity index (χ1v) is 13.4. The van der Waals surface area contributed by atoms with E-state index in [2.05, 4.69) is 5.32 Å². The number of piperidine rings is 1. The molecular formula is C25H40ClN3O6. The summed E-state index contributed by atoms with van der Waals surface area (Å²) in [5.41, 5.74) is 0.724. The Hall–Kier alpha value is -1.26. The van der Waals surface area contributed by atoms with Gasteiger partial charge >= 0.3 is 5.97 Å². The molecule has 2 aliphatic heterocycles. The Morgan fingerprint density at radius 2 is 1.80 bits per heavy atom. The highest BCUT2D eigenvalue weighted by molar-refractivity contribution is 6.20. The van der Waals surface area contributed by atoms with Crippen molar-refractivity contribution < 1.29 is 28.9 Å². The lowest BCUT2D eigenvalue weighted by atomic mass is 9.72. The standard InChI is InChI=1S/C25H40ClN3O6/c1-33-16-6-4-14-10-17(25(26)27-18(14)12-16)20-13-19(28-29(20)23(30)8-9-24(31)32)15-5-7-21(34-2)22(11-15)35-3/h14-18,20-22,25,27H,4-13H2,1-3H3,(H,31,32). The van der Waals surface area contributed by atoms with Gasteiger partial charge in [-0.05, 0) is 50.9 Å². The van der Waals surface area contributed by atoms with Gasteiger partial charge < -0.3 is 19.3 Å². The summed E-state index contributed by atoms with van der Waals surface area (Å²) in [5.74, 6) is -0.486. The summed E-state index contributed by atoms with van der Waals surface area (Å²) in [5, 5.41) is 19.1. The van der Waals surface area contributed by atoms with Crippen LogP contribution in [0.3, 0.4) is 0 Å². The molecule has 9 nitrogen and oxygen atoms in total. The van der Waals surface area contributed by atoms with E-state index in [-0.39, 0.29) is 60.4 Å². The molecule has 0 spiro atoms. The van der Waals surface area contributed by atoms with E-state index in [0.29, 0.717) is 18.4 Å². The highest BCUT2D eigenvalue weighted by atomic mass is 35.5. The van der Waals surface area contributed by atoms with Crippen LogP contribution < -0.4 is 5.32 Å². The number of halogens is 1. The molecule has 0 radical (unpaired) electrons. The predicted octanol–water partition coefficient (Wildman–Crippen LogP) is 3.00. The number of fused-ring (bicyclic) bond motifs is 1. The summed E-state index contributed by atoms with van der Waals surface area (Å²) in [7, 11) is 5.19. The molecule has 0 aromatic heterocycles. The monoisotopic (exact) mass is 513 g/mol. The van der Waals surface area contributed by atoms with Gasteiger partial charge in [-0.25, -0.2) is 5.01 Å². The first-order valence-electron chi connectivity index (χ1n) is 12.9. The van der Waals surface area contributed by atoms with Crippen LogP contribution in [-0.4, -0.2) is 84.9 Å². The molecule has 1 amide bonds. The highest BCUT2D eigenvalue weighted by Crippen LogP contribution is 2.43. The average Bonchev–Trinajstić information content (AvgIpc) is 3.31. The van der Waals surface area contributed by atoms with Gasteiger partial charge in [-0.2, -0.15) is 5.10 Å². The number of amides is 1. The molecule has 0 aromatic carbocycles. The molecule has 198 valence electrons. The van der Waals surface area contributed by atoms with E-state index in [0.717, 1.165) is 50.7 Å². The molecule has 0 aromatic rings. The van der Waals surface area contributed by atoms with Crippen molar-refractivity contribution in [2.45, 2.75) is 100 Å². The second kappa shape index (κ2) is 11.9. The molecular weight excluding hydrogens is 474 g/mol. The van der Waals surface area contributed by atoms with Crippen LogP contribution in [0.15, 0.2) is 5.10 Å². The van der Waals surface area contributed by atoms with Crippen molar-refractivity contribution in [3.8, 4) is 0 Å². The molecule has 3 fully saturated rings. The maximum absolute atomic E-state index is 13.2. The fraction of sp³-hybridized carbons (Fsp3) is 0.880. The maximum atomic E-state index is 13.2. The minimum absolute atomic E-state index is 0.00879. The van der Waals surface area contributed by atoms with Crippen LogP contribution in [0.4, 0.5) is 0 Å². The number of hydrogen-bond acceptors (Lipinski definition) is 7. The molecule has 2 aliphatic carbocycles. The molecule has 1 saturated heterocycles. The number of nitrogens with one attached hydrogen (secondary N) is 1. The third-order valence-corrected chi connectivity index (χ3v) is 9.13. The van der Waals surface area contributed by atoms with Crippen LogP contribution in [0, 0.1) is 17.8 Å². The molecule has 4 rings (SSSR count). The number of aliphatic carboxylic acids is 1. The Kier molecular flexibility index (Phi) is 9.08. The van der Waals surface area contributed by atoms with E-state index in [1.807, 2.05) is 0 Å². The minimum Gasteiger partial charge on any atom is -0.481 e. The second-order valence-electron chi connectivity index (χ2n) is 10.6. The van der Waals surface area contributed by atoms with Gasteiger partial charge in [0.25, 0.3) is 0 Å². The zero-order valence-corrected chi connectivity index (χ0v) is 21.8. The van der Waals surface area contributed by atoms with E-state index in [4.69, 9.17) is 36.0 Å². The van der Waals surface area contributed by atoms with Crippen LogP contribution in [0.2, 0.25) is 0 Å². The zero-order valence-electron chi connectivity index (χ0n) is 21.0. The molecule has 35 heavy (non-hydrogen) atoms.